The van der Waals surface area contributed by atoms with Gasteiger partial charge in [-0.2, -0.15) is 0 Å². The maximum atomic E-state index is 5.79. The fourth-order valence-corrected chi connectivity index (χ4v) is 2.12. The molecule has 2 rings (SSSR count). The van der Waals surface area contributed by atoms with Crippen molar-refractivity contribution in [3.63, 3.8) is 0 Å². The van der Waals surface area contributed by atoms with E-state index in [0.717, 1.165) is 36.5 Å². The molecule has 0 unspecified atom stereocenters. The Morgan fingerprint density at radius 2 is 1.96 bits per heavy atom. The van der Waals surface area contributed by atoms with E-state index in [4.69, 9.17) is 4.74 Å². The fraction of sp³-hybridized carbons (Fsp3) is 0.368. The third-order valence-corrected chi connectivity index (χ3v) is 3.27. The molecule has 23 heavy (non-hydrogen) atoms. The SMILES string of the molecule is CC#Cc1cc(C)nc(N(COCCCC)c2ccccc2)n1. The molecular formula is C19H23N3O. The topological polar surface area (TPSA) is 38.2 Å². The molecule has 1 aromatic carbocycles. The predicted molar refractivity (Wildman–Crippen MR) is 93.6 cm³/mol. The van der Waals surface area contributed by atoms with Gasteiger partial charge in [-0.1, -0.05) is 37.5 Å². The third-order valence-electron chi connectivity index (χ3n) is 3.27. The van der Waals surface area contributed by atoms with Gasteiger partial charge in [0.25, 0.3) is 0 Å². The number of nitrogens with zero attached hydrogens (tertiary/aromatic N) is 3. The summed E-state index contributed by atoms with van der Waals surface area (Å²) in [7, 11) is 0. The maximum Gasteiger partial charge on any atom is 0.233 e. The largest absolute Gasteiger partial charge is 0.361 e. The van der Waals surface area contributed by atoms with Crippen molar-refractivity contribution in [1.29, 1.82) is 0 Å². The van der Waals surface area contributed by atoms with Gasteiger partial charge < -0.3 is 4.74 Å². The predicted octanol–water partition coefficient (Wildman–Crippen LogP) is 4.07. The maximum absolute atomic E-state index is 5.79. The number of aromatic nitrogens is 2. The number of anilines is 2. The van der Waals surface area contributed by atoms with Crippen LogP contribution >= 0.6 is 0 Å². The van der Waals surface area contributed by atoms with Gasteiger partial charge >= 0.3 is 0 Å². The van der Waals surface area contributed by atoms with Crippen molar-refractivity contribution in [3.05, 3.63) is 47.8 Å². The standard InChI is InChI=1S/C19H23N3O/c1-4-6-13-23-15-22(18-11-8-7-9-12-18)19-20-16(3)14-17(21-19)10-5-2/h7-9,11-12,14H,4,6,13,15H2,1-3H3. The minimum absolute atomic E-state index is 0.423. The number of hydrogen-bond donors (Lipinski definition) is 0. The normalized spacial score (nSPS) is 10.0. The summed E-state index contributed by atoms with van der Waals surface area (Å²) >= 11 is 0. The van der Waals surface area contributed by atoms with E-state index in [2.05, 4.69) is 28.7 Å². The van der Waals surface area contributed by atoms with Crippen LogP contribution in [0.15, 0.2) is 36.4 Å². The quantitative estimate of drug-likeness (QED) is 0.439. The van der Waals surface area contributed by atoms with Gasteiger partial charge in [0, 0.05) is 18.0 Å². The van der Waals surface area contributed by atoms with Gasteiger partial charge in [0.2, 0.25) is 5.95 Å². The van der Waals surface area contributed by atoms with E-state index in [1.807, 2.05) is 48.2 Å². The lowest BCUT2D eigenvalue weighted by molar-refractivity contribution is 0.136. The Bertz CT molecular complexity index is 674. The van der Waals surface area contributed by atoms with E-state index in [1.54, 1.807) is 6.92 Å². The molecule has 0 amide bonds. The second-order valence-corrected chi connectivity index (χ2v) is 5.22. The zero-order chi connectivity index (χ0) is 16.5. The first-order chi connectivity index (χ1) is 11.2. The summed E-state index contributed by atoms with van der Waals surface area (Å²) in [6.45, 7) is 7.06. The zero-order valence-electron chi connectivity index (χ0n) is 14.0. The van der Waals surface area contributed by atoms with Gasteiger partial charge in [0.05, 0.1) is 0 Å². The number of aryl methyl sites for hydroxylation is 1. The number of unbranched alkanes of at least 4 members (excludes halogenated alkanes) is 1. The molecule has 0 aliphatic heterocycles. The second kappa shape index (κ2) is 8.92. The van der Waals surface area contributed by atoms with E-state index in [-0.39, 0.29) is 0 Å². The van der Waals surface area contributed by atoms with Crippen LogP contribution in [0.2, 0.25) is 0 Å². The number of benzene rings is 1. The van der Waals surface area contributed by atoms with Crippen molar-refractivity contribution in [3.8, 4) is 11.8 Å². The number of hydrogen-bond acceptors (Lipinski definition) is 4. The average molecular weight is 309 g/mol. The molecule has 0 atom stereocenters. The molecular weight excluding hydrogens is 286 g/mol. The average Bonchev–Trinajstić information content (AvgIpc) is 2.55. The summed E-state index contributed by atoms with van der Waals surface area (Å²) in [6.07, 6.45) is 2.16. The Kier molecular flexibility index (Phi) is 6.58. The van der Waals surface area contributed by atoms with Crippen molar-refractivity contribution in [1.82, 2.24) is 9.97 Å². The molecule has 4 nitrogen and oxygen atoms in total. The van der Waals surface area contributed by atoms with Crippen molar-refractivity contribution < 1.29 is 4.74 Å². The second-order valence-electron chi connectivity index (χ2n) is 5.22. The fourth-order valence-electron chi connectivity index (χ4n) is 2.12. The van der Waals surface area contributed by atoms with E-state index in [0.29, 0.717) is 12.7 Å². The molecule has 120 valence electrons. The van der Waals surface area contributed by atoms with Crippen LogP contribution in [-0.4, -0.2) is 23.3 Å². The van der Waals surface area contributed by atoms with Gasteiger partial charge in [-0.25, -0.2) is 9.97 Å². The highest BCUT2D eigenvalue weighted by molar-refractivity contribution is 5.57. The van der Waals surface area contributed by atoms with Crippen LogP contribution in [0.4, 0.5) is 11.6 Å². The molecule has 2 aromatic rings. The van der Waals surface area contributed by atoms with Crippen molar-refractivity contribution in [2.75, 3.05) is 18.2 Å². The minimum atomic E-state index is 0.423. The molecule has 0 radical (unpaired) electrons. The number of rotatable bonds is 7. The zero-order valence-corrected chi connectivity index (χ0v) is 14.0. The smallest absolute Gasteiger partial charge is 0.233 e. The molecule has 1 heterocycles. The van der Waals surface area contributed by atoms with Crippen LogP contribution in [0.3, 0.4) is 0 Å². The molecule has 4 heteroatoms. The first-order valence-corrected chi connectivity index (χ1v) is 7.93. The first-order valence-electron chi connectivity index (χ1n) is 7.93. The monoisotopic (exact) mass is 309 g/mol. The van der Waals surface area contributed by atoms with E-state index in [9.17, 15) is 0 Å². The highest BCUT2D eigenvalue weighted by Crippen LogP contribution is 2.22. The third kappa shape index (κ3) is 5.08. The molecule has 0 aliphatic rings. The van der Waals surface area contributed by atoms with Crippen molar-refractivity contribution in [2.24, 2.45) is 0 Å². The Balaban J connectivity index is 2.30. The van der Waals surface area contributed by atoms with Crippen LogP contribution in [0.1, 0.15) is 38.1 Å². The summed E-state index contributed by atoms with van der Waals surface area (Å²) < 4.78 is 5.79. The summed E-state index contributed by atoms with van der Waals surface area (Å²) in [5.41, 5.74) is 2.62. The van der Waals surface area contributed by atoms with Gasteiger partial charge in [0.15, 0.2) is 0 Å². The van der Waals surface area contributed by atoms with E-state index < -0.39 is 0 Å². The lowest BCUT2D eigenvalue weighted by atomic mass is 10.3. The molecule has 0 saturated carbocycles. The molecule has 0 aliphatic carbocycles. The molecule has 0 spiro atoms. The van der Waals surface area contributed by atoms with Crippen LogP contribution in [0.5, 0.6) is 0 Å². The lowest BCUT2D eigenvalue weighted by Gasteiger charge is -2.23. The molecule has 0 fully saturated rings. The number of para-hydroxylation sites is 1. The lowest BCUT2D eigenvalue weighted by Crippen LogP contribution is -2.23. The summed E-state index contributed by atoms with van der Waals surface area (Å²) in [5.74, 6) is 6.51. The molecule has 0 bridgehead atoms. The Hall–Kier alpha value is -2.38. The molecule has 0 saturated heterocycles. The van der Waals surface area contributed by atoms with Gasteiger partial charge in [-0.15, -0.1) is 0 Å². The van der Waals surface area contributed by atoms with Crippen LogP contribution in [0, 0.1) is 18.8 Å². The number of ether oxygens (including phenoxy) is 1. The van der Waals surface area contributed by atoms with Crippen LogP contribution < -0.4 is 4.90 Å². The molecule has 1 aromatic heterocycles. The summed E-state index contributed by atoms with van der Waals surface area (Å²) in [6, 6.07) is 11.9. The van der Waals surface area contributed by atoms with Crippen LogP contribution in [0.25, 0.3) is 0 Å². The van der Waals surface area contributed by atoms with Gasteiger partial charge in [0.1, 0.15) is 12.4 Å². The Morgan fingerprint density at radius 1 is 1.17 bits per heavy atom. The van der Waals surface area contributed by atoms with E-state index >= 15 is 0 Å². The minimum Gasteiger partial charge on any atom is -0.361 e. The first kappa shape index (κ1) is 17.0. The summed E-state index contributed by atoms with van der Waals surface area (Å²) in [4.78, 5) is 11.1. The van der Waals surface area contributed by atoms with Crippen molar-refractivity contribution >= 4 is 11.6 Å². The Labute approximate surface area is 138 Å². The highest BCUT2D eigenvalue weighted by Gasteiger charge is 2.13. The van der Waals surface area contributed by atoms with Crippen LogP contribution in [-0.2, 0) is 4.74 Å². The van der Waals surface area contributed by atoms with E-state index in [1.165, 1.54) is 0 Å². The van der Waals surface area contributed by atoms with Gasteiger partial charge in [-0.3, -0.25) is 4.90 Å². The summed E-state index contributed by atoms with van der Waals surface area (Å²) in [5, 5.41) is 0. The highest BCUT2D eigenvalue weighted by atomic mass is 16.5. The van der Waals surface area contributed by atoms with Gasteiger partial charge in [-0.05, 0) is 44.4 Å². The Morgan fingerprint density at radius 3 is 2.65 bits per heavy atom. The molecule has 0 N–H and O–H groups in total. The van der Waals surface area contributed by atoms with Crippen molar-refractivity contribution in [2.45, 2.75) is 33.6 Å².